The number of benzene rings is 2. The highest BCUT2D eigenvalue weighted by atomic mass is 79.9. The van der Waals surface area contributed by atoms with E-state index in [2.05, 4.69) is 41.6 Å². The normalized spacial score (nSPS) is 11.0. The summed E-state index contributed by atoms with van der Waals surface area (Å²) in [5.74, 6) is 1.28. The number of carbonyl (C=O) groups is 1. The number of aromatic nitrogens is 4. The number of thioether (sulfide) groups is 1. The molecular formula is C24H21BrN6O2S. The molecule has 2 aromatic heterocycles. The summed E-state index contributed by atoms with van der Waals surface area (Å²) in [5.41, 5.74) is 5.09. The van der Waals surface area contributed by atoms with Crippen LogP contribution in [0.3, 0.4) is 0 Å². The Bertz CT molecular complexity index is 1280. The van der Waals surface area contributed by atoms with Gasteiger partial charge in [0.15, 0.2) is 11.0 Å². The van der Waals surface area contributed by atoms with E-state index in [1.165, 1.54) is 11.8 Å². The van der Waals surface area contributed by atoms with Crippen molar-refractivity contribution in [2.45, 2.75) is 12.1 Å². The number of amides is 1. The van der Waals surface area contributed by atoms with Crippen LogP contribution < -0.4 is 10.2 Å². The first-order valence-corrected chi connectivity index (χ1v) is 12.2. The third kappa shape index (κ3) is 6.09. The van der Waals surface area contributed by atoms with Gasteiger partial charge in [0.2, 0.25) is 0 Å². The van der Waals surface area contributed by atoms with E-state index in [0.29, 0.717) is 17.6 Å². The predicted octanol–water partition coefficient (Wildman–Crippen LogP) is 4.73. The minimum Gasteiger partial charge on any atom is -0.494 e. The lowest BCUT2D eigenvalue weighted by molar-refractivity contribution is -0.118. The summed E-state index contributed by atoms with van der Waals surface area (Å²) in [6.07, 6.45) is 5.03. The number of pyridine rings is 1. The van der Waals surface area contributed by atoms with Crippen LogP contribution in [-0.4, -0.2) is 44.2 Å². The Kier molecular flexibility index (Phi) is 8.05. The van der Waals surface area contributed by atoms with Crippen LogP contribution in [0.15, 0.2) is 87.8 Å². The second kappa shape index (κ2) is 11.6. The number of carbonyl (C=O) groups excluding carboxylic acids is 1. The summed E-state index contributed by atoms with van der Waals surface area (Å²) in [7, 11) is 0. The summed E-state index contributed by atoms with van der Waals surface area (Å²) in [6.45, 7) is 2.53. The molecule has 0 aliphatic carbocycles. The molecule has 0 bridgehead atoms. The fourth-order valence-corrected chi connectivity index (χ4v) is 4.23. The maximum absolute atomic E-state index is 12.4. The van der Waals surface area contributed by atoms with Gasteiger partial charge in [0, 0.05) is 28.1 Å². The summed E-state index contributed by atoms with van der Waals surface area (Å²) in [5, 5.41) is 13.3. The molecule has 1 amide bonds. The third-order valence-corrected chi connectivity index (χ3v) is 5.97. The van der Waals surface area contributed by atoms with Gasteiger partial charge >= 0.3 is 0 Å². The second-order valence-corrected chi connectivity index (χ2v) is 8.81. The Morgan fingerprint density at radius 1 is 1.18 bits per heavy atom. The predicted molar refractivity (Wildman–Crippen MR) is 136 cm³/mol. The van der Waals surface area contributed by atoms with E-state index >= 15 is 0 Å². The number of rotatable bonds is 9. The number of hydrogen-bond donors (Lipinski definition) is 1. The maximum atomic E-state index is 12.4. The molecule has 2 heterocycles. The van der Waals surface area contributed by atoms with Gasteiger partial charge in [0.1, 0.15) is 5.75 Å². The van der Waals surface area contributed by atoms with E-state index in [0.717, 1.165) is 27.0 Å². The van der Waals surface area contributed by atoms with Crippen molar-refractivity contribution in [3.05, 3.63) is 83.1 Å². The van der Waals surface area contributed by atoms with Crippen LogP contribution in [0.4, 0.5) is 0 Å². The minimum atomic E-state index is -0.250. The number of hydrazone groups is 1. The number of nitrogens with one attached hydrogen (secondary N) is 1. The van der Waals surface area contributed by atoms with E-state index in [9.17, 15) is 4.79 Å². The number of hydrogen-bond acceptors (Lipinski definition) is 7. The molecular weight excluding hydrogens is 516 g/mol. The molecule has 0 atom stereocenters. The van der Waals surface area contributed by atoms with Crippen molar-refractivity contribution in [2.24, 2.45) is 5.10 Å². The van der Waals surface area contributed by atoms with Gasteiger partial charge in [-0.15, -0.1) is 10.2 Å². The quantitative estimate of drug-likeness (QED) is 0.189. The van der Waals surface area contributed by atoms with Crippen LogP contribution in [-0.2, 0) is 4.79 Å². The molecule has 8 nitrogen and oxygen atoms in total. The fourth-order valence-electron chi connectivity index (χ4n) is 3.06. The van der Waals surface area contributed by atoms with E-state index in [1.54, 1.807) is 18.6 Å². The Labute approximate surface area is 209 Å². The van der Waals surface area contributed by atoms with Gasteiger partial charge in [0.25, 0.3) is 5.91 Å². The van der Waals surface area contributed by atoms with E-state index in [4.69, 9.17) is 4.74 Å². The molecule has 0 unspecified atom stereocenters. The van der Waals surface area contributed by atoms with Crippen molar-refractivity contribution in [3.8, 4) is 22.8 Å². The summed E-state index contributed by atoms with van der Waals surface area (Å²) >= 11 is 4.68. The molecule has 0 aliphatic rings. The Morgan fingerprint density at radius 2 is 2.03 bits per heavy atom. The molecule has 1 N–H and O–H groups in total. The number of halogens is 1. The van der Waals surface area contributed by atoms with Gasteiger partial charge in [-0.25, -0.2) is 5.43 Å². The van der Waals surface area contributed by atoms with Gasteiger partial charge in [0.05, 0.1) is 18.6 Å². The van der Waals surface area contributed by atoms with Crippen molar-refractivity contribution in [1.82, 2.24) is 25.2 Å². The van der Waals surface area contributed by atoms with Crippen LogP contribution in [0.5, 0.6) is 5.75 Å². The smallest absolute Gasteiger partial charge is 0.250 e. The lowest BCUT2D eigenvalue weighted by atomic mass is 10.2. The second-order valence-electron chi connectivity index (χ2n) is 6.95. The first-order valence-electron chi connectivity index (χ1n) is 10.4. The largest absolute Gasteiger partial charge is 0.494 e. The molecule has 0 spiro atoms. The zero-order valence-electron chi connectivity index (χ0n) is 18.3. The summed E-state index contributed by atoms with van der Waals surface area (Å²) < 4.78 is 8.39. The Hall–Kier alpha value is -3.50. The van der Waals surface area contributed by atoms with Gasteiger partial charge in [-0.1, -0.05) is 39.8 Å². The van der Waals surface area contributed by atoms with E-state index in [1.807, 2.05) is 72.2 Å². The van der Waals surface area contributed by atoms with Crippen LogP contribution in [0.25, 0.3) is 17.1 Å². The minimum absolute atomic E-state index is 0.123. The Balaban J connectivity index is 1.51. The van der Waals surface area contributed by atoms with Crippen molar-refractivity contribution >= 4 is 39.8 Å². The summed E-state index contributed by atoms with van der Waals surface area (Å²) in [6, 6.07) is 19.0. The highest BCUT2D eigenvalue weighted by Gasteiger charge is 2.17. The zero-order chi connectivity index (χ0) is 23.8. The molecule has 34 heavy (non-hydrogen) atoms. The first kappa shape index (κ1) is 23.7. The lowest BCUT2D eigenvalue weighted by Crippen LogP contribution is -2.20. The van der Waals surface area contributed by atoms with Gasteiger partial charge < -0.3 is 4.74 Å². The van der Waals surface area contributed by atoms with Crippen molar-refractivity contribution < 1.29 is 9.53 Å². The number of nitrogens with zero attached hydrogens (tertiary/aromatic N) is 5. The Morgan fingerprint density at radius 3 is 2.76 bits per heavy atom. The standard InChI is InChI=1S/C24H21BrN6O2S/c1-2-33-21-10-8-20(9-11-21)31-23(18-6-4-12-26-15-18)29-30-24(31)34-16-22(32)28-27-14-17-5-3-7-19(25)13-17/h3-15H,2,16H2,1H3,(H,28,32)/b27-14+. The molecule has 0 radical (unpaired) electrons. The molecule has 0 aliphatic heterocycles. The van der Waals surface area contributed by atoms with Gasteiger partial charge in [-0.3, -0.25) is 14.3 Å². The monoisotopic (exact) mass is 536 g/mol. The lowest BCUT2D eigenvalue weighted by Gasteiger charge is -2.11. The maximum Gasteiger partial charge on any atom is 0.250 e. The molecule has 4 rings (SSSR count). The molecule has 172 valence electrons. The molecule has 0 fully saturated rings. The average Bonchev–Trinajstić information content (AvgIpc) is 3.28. The zero-order valence-corrected chi connectivity index (χ0v) is 20.7. The van der Waals surface area contributed by atoms with Crippen LogP contribution >= 0.6 is 27.7 Å². The van der Waals surface area contributed by atoms with E-state index in [-0.39, 0.29) is 11.7 Å². The van der Waals surface area contributed by atoms with Crippen LogP contribution in [0.2, 0.25) is 0 Å². The van der Waals surface area contributed by atoms with Gasteiger partial charge in [-0.2, -0.15) is 5.10 Å². The molecule has 10 heteroatoms. The molecule has 2 aromatic carbocycles. The van der Waals surface area contributed by atoms with E-state index < -0.39 is 0 Å². The van der Waals surface area contributed by atoms with Crippen molar-refractivity contribution in [3.63, 3.8) is 0 Å². The van der Waals surface area contributed by atoms with Crippen LogP contribution in [0, 0.1) is 0 Å². The third-order valence-electron chi connectivity index (χ3n) is 4.54. The van der Waals surface area contributed by atoms with Crippen molar-refractivity contribution in [1.29, 1.82) is 0 Å². The average molecular weight is 537 g/mol. The topological polar surface area (TPSA) is 94.3 Å². The summed E-state index contributed by atoms with van der Waals surface area (Å²) in [4.78, 5) is 16.6. The SMILES string of the molecule is CCOc1ccc(-n2c(SCC(=O)N/N=C/c3cccc(Br)c3)nnc2-c2cccnc2)cc1. The molecule has 4 aromatic rings. The van der Waals surface area contributed by atoms with Crippen molar-refractivity contribution in [2.75, 3.05) is 12.4 Å². The first-order chi connectivity index (χ1) is 16.6. The molecule has 0 saturated heterocycles. The number of ether oxygens (including phenoxy) is 1. The molecule has 0 saturated carbocycles. The fraction of sp³-hybridized carbons (Fsp3) is 0.125. The van der Waals surface area contributed by atoms with Crippen LogP contribution in [0.1, 0.15) is 12.5 Å². The highest BCUT2D eigenvalue weighted by molar-refractivity contribution is 9.10. The van der Waals surface area contributed by atoms with Gasteiger partial charge in [-0.05, 0) is 61.0 Å². The highest BCUT2D eigenvalue weighted by Crippen LogP contribution is 2.28.